The first-order valence-corrected chi connectivity index (χ1v) is 7.24. The zero-order valence-electron chi connectivity index (χ0n) is 12.4. The Hall–Kier alpha value is -1.87. The van der Waals surface area contributed by atoms with Gasteiger partial charge in [-0.15, -0.1) is 0 Å². The van der Waals surface area contributed by atoms with Gasteiger partial charge in [-0.1, -0.05) is 11.3 Å². The van der Waals surface area contributed by atoms with Crippen LogP contribution >= 0.6 is 11.3 Å². The third-order valence-electron chi connectivity index (χ3n) is 2.57. The number of ether oxygens (including phenoxy) is 1. The van der Waals surface area contributed by atoms with Crippen molar-refractivity contribution in [2.75, 3.05) is 52.0 Å². The minimum Gasteiger partial charge on any atom is -0.383 e. The smallest absolute Gasteiger partial charge is 0.265 e. The molecular weight excluding hydrogens is 294 g/mol. The van der Waals surface area contributed by atoms with Gasteiger partial charge >= 0.3 is 0 Å². The molecule has 0 atom stereocenters. The standard InChI is InChI=1S/C12H21N5O3S/c1-17(2)8(18)4-5-14-11(19)9-10(13)16-12(21-9)15-6-7-20-3/h4-7,13H2,1-3H3,(H,14,19)(H,15,16). The van der Waals surface area contributed by atoms with E-state index in [9.17, 15) is 9.59 Å². The summed E-state index contributed by atoms with van der Waals surface area (Å²) in [6.07, 6.45) is 0.246. The van der Waals surface area contributed by atoms with E-state index in [1.807, 2.05) is 0 Å². The number of hydrogen-bond donors (Lipinski definition) is 3. The molecule has 2 amide bonds. The second-order valence-corrected chi connectivity index (χ2v) is 5.45. The van der Waals surface area contributed by atoms with Crippen LogP contribution in [0, 0.1) is 0 Å². The monoisotopic (exact) mass is 315 g/mol. The molecule has 0 aromatic carbocycles. The Balaban J connectivity index is 2.48. The van der Waals surface area contributed by atoms with Gasteiger partial charge in [0.1, 0.15) is 10.7 Å². The molecule has 8 nitrogen and oxygen atoms in total. The average molecular weight is 315 g/mol. The Kier molecular flexibility index (Phi) is 6.89. The minimum absolute atomic E-state index is 0.0468. The van der Waals surface area contributed by atoms with Gasteiger partial charge in [0.15, 0.2) is 5.13 Å². The maximum Gasteiger partial charge on any atom is 0.265 e. The van der Waals surface area contributed by atoms with E-state index in [4.69, 9.17) is 10.5 Å². The van der Waals surface area contributed by atoms with Crippen molar-refractivity contribution in [1.82, 2.24) is 15.2 Å². The zero-order valence-corrected chi connectivity index (χ0v) is 13.2. The Morgan fingerprint density at radius 2 is 2.10 bits per heavy atom. The van der Waals surface area contributed by atoms with Crippen LogP contribution in [0.4, 0.5) is 10.9 Å². The molecule has 0 aliphatic carbocycles. The van der Waals surface area contributed by atoms with Crippen molar-refractivity contribution in [3.63, 3.8) is 0 Å². The van der Waals surface area contributed by atoms with Gasteiger partial charge < -0.3 is 26.0 Å². The van der Waals surface area contributed by atoms with E-state index in [0.717, 1.165) is 0 Å². The number of hydrogen-bond acceptors (Lipinski definition) is 7. The van der Waals surface area contributed by atoms with E-state index in [1.54, 1.807) is 21.2 Å². The molecule has 0 radical (unpaired) electrons. The Morgan fingerprint density at radius 3 is 2.71 bits per heavy atom. The molecule has 1 aromatic rings. The maximum atomic E-state index is 12.0. The van der Waals surface area contributed by atoms with Crippen molar-refractivity contribution in [1.29, 1.82) is 0 Å². The third kappa shape index (κ3) is 5.56. The topological polar surface area (TPSA) is 110 Å². The number of nitrogens with two attached hydrogens (primary N) is 1. The van der Waals surface area contributed by atoms with Gasteiger partial charge in [0.25, 0.3) is 5.91 Å². The van der Waals surface area contributed by atoms with Crippen LogP contribution in [0.3, 0.4) is 0 Å². The normalized spacial score (nSPS) is 10.2. The third-order valence-corrected chi connectivity index (χ3v) is 3.59. The summed E-state index contributed by atoms with van der Waals surface area (Å²) in [7, 11) is 4.94. The summed E-state index contributed by atoms with van der Waals surface area (Å²) >= 11 is 1.17. The van der Waals surface area contributed by atoms with E-state index in [-0.39, 0.29) is 30.6 Å². The first-order chi connectivity index (χ1) is 9.95. The lowest BCUT2D eigenvalue weighted by Crippen LogP contribution is -2.30. The summed E-state index contributed by atoms with van der Waals surface area (Å²) in [5.74, 6) is -0.192. The van der Waals surface area contributed by atoms with Crippen LogP contribution in [-0.2, 0) is 9.53 Å². The molecule has 1 rings (SSSR count). The Bertz CT molecular complexity index is 489. The van der Waals surface area contributed by atoms with Crippen LogP contribution in [0.5, 0.6) is 0 Å². The fourth-order valence-corrected chi connectivity index (χ4v) is 2.24. The lowest BCUT2D eigenvalue weighted by Gasteiger charge is -2.10. The lowest BCUT2D eigenvalue weighted by atomic mass is 10.3. The second kappa shape index (κ2) is 8.42. The van der Waals surface area contributed by atoms with Crippen molar-refractivity contribution in [3.8, 4) is 0 Å². The number of anilines is 2. The van der Waals surface area contributed by atoms with Gasteiger partial charge in [0.2, 0.25) is 5.91 Å². The fraction of sp³-hybridized carbons (Fsp3) is 0.583. The van der Waals surface area contributed by atoms with Crippen LogP contribution in [-0.4, -0.2) is 62.6 Å². The summed E-state index contributed by atoms with van der Waals surface area (Å²) in [5.41, 5.74) is 5.72. The number of nitrogens with one attached hydrogen (secondary N) is 2. The zero-order chi connectivity index (χ0) is 15.8. The van der Waals surface area contributed by atoms with Crippen molar-refractivity contribution in [2.24, 2.45) is 0 Å². The summed E-state index contributed by atoms with van der Waals surface area (Å²) < 4.78 is 4.91. The molecule has 0 bridgehead atoms. The quantitative estimate of drug-likeness (QED) is 0.582. The first kappa shape index (κ1) is 17.2. The van der Waals surface area contributed by atoms with Crippen LogP contribution in [0.2, 0.25) is 0 Å². The summed E-state index contributed by atoms with van der Waals surface area (Å²) in [5, 5.41) is 6.24. The molecule has 1 aromatic heterocycles. The maximum absolute atomic E-state index is 12.0. The summed E-state index contributed by atoms with van der Waals surface area (Å²) in [6, 6.07) is 0. The highest BCUT2D eigenvalue weighted by atomic mass is 32.1. The highest BCUT2D eigenvalue weighted by Gasteiger charge is 2.16. The number of rotatable bonds is 8. The molecular formula is C12H21N5O3S. The van der Waals surface area contributed by atoms with Gasteiger partial charge in [-0.25, -0.2) is 4.98 Å². The number of thiazole rings is 1. The van der Waals surface area contributed by atoms with Crippen LogP contribution in [0.15, 0.2) is 0 Å². The van der Waals surface area contributed by atoms with Crippen LogP contribution in [0.25, 0.3) is 0 Å². The SMILES string of the molecule is COCCNc1nc(N)c(C(=O)NCCC(=O)N(C)C)s1. The molecule has 0 aliphatic rings. The lowest BCUT2D eigenvalue weighted by molar-refractivity contribution is -0.128. The molecule has 9 heteroatoms. The molecule has 118 valence electrons. The largest absolute Gasteiger partial charge is 0.383 e. The predicted octanol–water partition coefficient (Wildman–Crippen LogP) is -0.00830. The van der Waals surface area contributed by atoms with E-state index < -0.39 is 0 Å². The van der Waals surface area contributed by atoms with Gasteiger partial charge in [0.05, 0.1) is 6.61 Å². The molecule has 0 fully saturated rings. The predicted molar refractivity (Wildman–Crippen MR) is 82.5 cm³/mol. The minimum atomic E-state index is -0.323. The molecule has 0 aliphatic heterocycles. The van der Waals surface area contributed by atoms with E-state index in [0.29, 0.717) is 23.2 Å². The number of nitrogen functional groups attached to an aromatic ring is 1. The molecule has 1 heterocycles. The molecule has 0 unspecified atom stereocenters. The number of carbonyl (C=O) groups excluding carboxylic acids is 2. The summed E-state index contributed by atoms with van der Waals surface area (Å²) in [4.78, 5) is 29.2. The molecule has 21 heavy (non-hydrogen) atoms. The van der Waals surface area contributed by atoms with Gasteiger partial charge in [0, 0.05) is 40.7 Å². The first-order valence-electron chi connectivity index (χ1n) is 6.43. The van der Waals surface area contributed by atoms with Crippen LogP contribution < -0.4 is 16.4 Å². The van der Waals surface area contributed by atoms with Gasteiger partial charge in [-0.05, 0) is 0 Å². The average Bonchev–Trinajstić information content (AvgIpc) is 2.80. The van der Waals surface area contributed by atoms with E-state index >= 15 is 0 Å². The van der Waals surface area contributed by atoms with Gasteiger partial charge in [-0.3, -0.25) is 9.59 Å². The number of carbonyl (C=O) groups is 2. The molecule has 4 N–H and O–H groups in total. The summed E-state index contributed by atoms with van der Waals surface area (Å²) in [6.45, 7) is 1.38. The van der Waals surface area contributed by atoms with Gasteiger partial charge in [-0.2, -0.15) is 0 Å². The Labute approximate surface area is 127 Å². The van der Waals surface area contributed by atoms with Crippen molar-refractivity contribution < 1.29 is 14.3 Å². The second-order valence-electron chi connectivity index (χ2n) is 4.45. The number of amides is 2. The molecule has 0 saturated carbocycles. The number of aromatic nitrogens is 1. The highest BCUT2D eigenvalue weighted by Crippen LogP contribution is 2.24. The molecule has 0 spiro atoms. The van der Waals surface area contributed by atoms with Crippen molar-refractivity contribution in [2.45, 2.75) is 6.42 Å². The van der Waals surface area contributed by atoms with Crippen molar-refractivity contribution >= 4 is 34.1 Å². The Morgan fingerprint density at radius 1 is 1.38 bits per heavy atom. The van der Waals surface area contributed by atoms with Crippen molar-refractivity contribution in [3.05, 3.63) is 4.88 Å². The van der Waals surface area contributed by atoms with E-state index in [2.05, 4.69) is 15.6 Å². The molecule has 0 saturated heterocycles. The fourth-order valence-electron chi connectivity index (χ4n) is 1.42. The number of methoxy groups -OCH3 is 1. The van der Waals surface area contributed by atoms with Crippen LogP contribution in [0.1, 0.15) is 16.1 Å². The number of nitrogens with zero attached hydrogens (tertiary/aromatic N) is 2. The van der Waals surface area contributed by atoms with E-state index in [1.165, 1.54) is 16.2 Å². The highest BCUT2D eigenvalue weighted by molar-refractivity contribution is 7.18.